The summed E-state index contributed by atoms with van der Waals surface area (Å²) in [4.78, 5) is 17.7. The van der Waals surface area contributed by atoms with Gasteiger partial charge in [0.05, 0.1) is 17.7 Å². The normalized spacial score (nSPS) is 18.4. The Labute approximate surface area is 197 Å². The van der Waals surface area contributed by atoms with Crippen molar-refractivity contribution in [1.29, 1.82) is 0 Å². The van der Waals surface area contributed by atoms with Crippen molar-refractivity contribution in [2.24, 2.45) is 5.92 Å². The molecule has 0 bridgehead atoms. The predicted molar refractivity (Wildman–Crippen MR) is 129 cm³/mol. The second kappa shape index (κ2) is 9.73. The standard InChI is InChI=1S/C25H33N3O4S/c1-19-8-9-20(2)24(18-19)33(30,31)28-12-10-21(11-13-28)25(29)27-16-14-26(15-17-27)22-6-4-5-7-23(22)32-3/h4-9,18,21H,10-17H2,1-3H3. The molecule has 178 valence electrons. The van der Waals surface area contributed by atoms with E-state index in [9.17, 15) is 13.2 Å². The summed E-state index contributed by atoms with van der Waals surface area (Å²) in [5.41, 5.74) is 2.74. The van der Waals surface area contributed by atoms with Gasteiger partial charge in [-0.1, -0.05) is 24.3 Å². The number of rotatable bonds is 5. The third-order valence-corrected chi connectivity index (χ3v) is 8.82. The van der Waals surface area contributed by atoms with Gasteiger partial charge in [0.1, 0.15) is 5.75 Å². The van der Waals surface area contributed by atoms with Gasteiger partial charge in [0.15, 0.2) is 0 Å². The second-order valence-electron chi connectivity index (χ2n) is 8.93. The fraction of sp³-hybridized carbons (Fsp3) is 0.480. The smallest absolute Gasteiger partial charge is 0.243 e. The fourth-order valence-corrected chi connectivity index (χ4v) is 6.56. The van der Waals surface area contributed by atoms with E-state index in [1.54, 1.807) is 13.2 Å². The Kier molecular flexibility index (Phi) is 6.95. The molecule has 2 heterocycles. The highest BCUT2D eigenvalue weighted by molar-refractivity contribution is 7.89. The monoisotopic (exact) mass is 471 g/mol. The predicted octanol–water partition coefficient (Wildman–Crippen LogP) is 3.06. The molecule has 0 radical (unpaired) electrons. The Balaban J connectivity index is 1.34. The lowest BCUT2D eigenvalue weighted by atomic mass is 9.96. The molecule has 0 aromatic heterocycles. The van der Waals surface area contributed by atoms with Crippen molar-refractivity contribution < 1.29 is 17.9 Å². The molecular formula is C25H33N3O4S. The summed E-state index contributed by atoms with van der Waals surface area (Å²) in [5, 5.41) is 0. The molecule has 8 heteroatoms. The maximum absolute atomic E-state index is 13.2. The van der Waals surface area contributed by atoms with Gasteiger partial charge in [0.2, 0.25) is 15.9 Å². The summed E-state index contributed by atoms with van der Waals surface area (Å²) in [6.45, 7) is 7.33. The molecule has 4 rings (SSSR count). The average Bonchev–Trinajstić information content (AvgIpc) is 2.85. The van der Waals surface area contributed by atoms with Crippen LogP contribution >= 0.6 is 0 Å². The lowest BCUT2D eigenvalue weighted by Gasteiger charge is -2.39. The van der Waals surface area contributed by atoms with Crippen LogP contribution in [-0.4, -0.2) is 69.9 Å². The number of carbonyl (C=O) groups excluding carboxylic acids is 1. The molecule has 0 N–H and O–H groups in total. The van der Waals surface area contributed by atoms with E-state index in [1.165, 1.54) is 4.31 Å². The molecule has 0 atom stereocenters. The van der Waals surface area contributed by atoms with Gasteiger partial charge in [-0.2, -0.15) is 4.31 Å². The maximum Gasteiger partial charge on any atom is 0.243 e. The molecule has 0 aliphatic carbocycles. The first-order valence-corrected chi connectivity index (χ1v) is 13.0. The van der Waals surface area contributed by atoms with Crippen LogP contribution in [0.4, 0.5) is 5.69 Å². The van der Waals surface area contributed by atoms with Crippen LogP contribution in [0.5, 0.6) is 5.75 Å². The zero-order valence-corrected chi connectivity index (χ0v) is 20.5. The second-order valence-corrected chi connectivity index (χ2v) is 10.8. The number of ether oxygens (including phenoxy) is 1. The highest BCUT2D eigenvalue weighted by atomic mass is 32.2. The summed E-state index contributed by atoms with van der Waals surface area (Å²) in [5.74, 6) is 0.876. The van der Waals surface area contributed by atoms with Gasteiger partial charge in [0.25, 0.3) is 0 Å². The molecule has 7 nitrogen and oxygen atoms in total. The van der Waals surface area contributed by atoms with Crippen molar-refractivity contribution in [2.45, 2.75) is 31.6 Å². The number of nitrogens with zero attached hydrogens (tertiary/aromatic N) is 3. The summed E-state index contributed by atoms with van der Waals surface area (Å²) >= 11 is 0. The Morgan fingerprint density at radius 3 is 2.27 bits per heavy atom. The number of hydrogen-bond donors (Lipinski definition) is 0. The summed E-state index contributed by atoms with van der Waals surface area (Å²) in [6.07, 6.45) is 1.13. The molecule has 2 aromatic carbocycles. The molecular weight excluding hydrogens is 438 g/mol. The summed E-state index contributed by atoms with van der Waals surface area (Å²) in [7, 11) is -1.87. The van der Waals surface area contributed by atoms with Gasteiger partial charge in [-0.05, 0) is 56.0 Å². The topological polar surface area (TPSA) is 70.2 Å². The van der Waals surface area contributed by atoms with Gasteiger partial charge in [-0.25, -0.2) is 8.42 Å². The molecule has 0 unspecified atom stereocenters. The molecule has 2 aliphatic heterocycles. The number of sulfonamides is 1. The first-order chi connectivity index (χ1) is 15.8. The molecule has 2 aromatic rings. The van der Waals surface area contributed by atoms with Gasteiger partial charge >= 0.3 is 0 Å². The van der Waals surface area contributed by atoms with Crippen molar-refractivity contribution >= 4 is 21.6 Å². The zero-order valence-electron chi connectivity index (χ0n) is 19.7. The number of piperazine rings is 1. The quantitative estimate of drug-likeness (QED) is 0.670. The third kappa shape index (κ3) is 4.87. The first-order valence-electron chi connectivity index (χ1n) is 11.6. The van der Waals surface area contributed by atoms with Crippen LogP contribution < -0.4 is 9.64 Å². The maximum atomic E-state index is 13.2. The Hall–Kier alpha value is -2.58. The Bertz CT molecular complexity index is 1100. The van der Waals surface area contributed by atoms with Crippen molar-refractivity contribution in [3.05, 3.63) is 53.6 Å². The van der Waals surface area contributed by atoms with Crippen LogP contribution in [0, 0.1) is 19.8 Å². The number of aryl methyl sites for hydroxylation is 2. The third-order valence-electron chi connectivity index (χ3n) is 6.78. The molecule has 1 amide bonds. The lowest BCUT2D eigenvalue weighted by Crippen LogP contribution is -2.52. The first kappa shape index (κ1) is 23.6. The lowest BCUT2D eigenvalue weighted by molar-refractivity contribution is -0.137. The average molecular weight is 472 g/mol. The van der Waals surface area contributed by atoms with Crippen LogP contribution in [0.15, 0.2) is 47.4 Å². The van der Waals surface area contributed by atoms with Gasteiger partial charge in [0, 0.05) is 45.2 Å². The van der Waals surface area contributed by atoms with Crippen molar-refractivity contribution in [3.63, 3.8) is 0 Å². The minimum absolute atomic E-state index is 0.118. The van der Waals surface area contributed by atoms with Crippen molar-refractivity contribution in [1.82, 2.24) is 9.21 Å². The highest BCUT2D eigenvalue weighted by Gasteiger charge is 2.35. The van der Waals surface area contributed by atoms with Gasteiger partial charge in [-0.15, -0.1) is 0 Å². The molecule has 2 aliphatic rings. The van der Waals surface area contributed by atoms with E-state index < -0.39 is 10.0 Å². The number of benzene rings is 2. The summed E-state index contributed by atoms with van der Waals surface area (Å²) < 4.78 is 33.4. The van der Waals surface area contributed by atoms with E-state index in [4.69, 9.17) is 4.74 Å². The molecule has 2 saturated heterocycles. The van der Waals surface area contributed by atoms with E-state index in [2.05, 4.69) is 4.90 Å². The Morgan fingerprint density at radius 1 is 0.939 bits per heavy atom. The van der Waals surface area contributed by atoms with Crippen LogP contribution in [0.3, 0.4) is 0 Å². The van der Waals surface area contributed by atoms with Crippen LogP contribution in [0.25, 0.3) is 0 Å². The molecule has 0 spiro atoms. The largest absolute Gasteiger partial charge is 0.495 e. The van der Waals surface area contributed by atoms with Gasteiger partial charge in [-0.3, -0.25) is 4.79 Å². The van der Waals surface area contributed by atoms with Crippen molar-refractivity contribution in [2.75, 3.05) is 51.3 Å². The van der Waals surface area contributed by atoms with Crippen LogP contribution in [0.1, 0.15) is 24.0 Å². The SMILES string of the molecule is COc1ccccc1N1CCN(C(=O)C2CCN(S(=O)(=O)c3cc(C)ccc3C)CC2)CC1. The molecule has 33 heavy (non-hydrogen) atoms. The van der Waals surface area contributed by atoms with E-state index in [-0.39, 0.29) is 11.8 Å². The summed E-state index contributed by atoms with van der Waals surface area (Å²) in [6, 6.07) is 13.5. The molecule has 2 fully saturated rings. The number of anilines is 1. The zero-order chi connectivity index (χ0) is 23.6. The number of para-hydroxylation sites is 2. The van der Waals surface area contributed by atoms with E-state index in [0.29, 0.717) is 43.9 Å². The minimum Gasteiger partial charge on any atom is -0.495 e. The van der Waals surface area contributed by atoms with E-state index >= 15 is 0 Å². The van der Waals surface area contributed by atoms with E-state index in [0.717, 1.165) is 35.7 Å². The van der Waals surface area contributed by atoms with Gasteiger partial charge < -0.3 is 14.5 Å². The van der Waals surface area contributed by atoms with Crippen LogP contribution in [-0.2, 0) is 14.8 Å². The fourth-order valence-electron chi connectivity index (χ4n) is 4.78. The number of methoxy groups -OCH3 is 1. The van der Waals surface area contributed by atoms with Crippen molar-refractivity contribution in [3.8, 4) is 5.75 Å². The van der Waals surface area contributed by atoms with E-state index in [1.807, 2.05) is 55.1 Å². The molecule has 0 saturated carbocycles. The number of amides is 1. The minimum atomic E-state index is -3.54. The number of piperidine rings is 1. The van der Waals surface area contributed by atoms with Crippen LogP contribution in [0.2, 0.25) is 0 Å². The number of carbonyl (C=O) groups is 1. The Morgan fingerprint density at radius 2 is 1.61 bits per heavy atom. The highest BCUT2D eigenvalue weighted by Crippen LogP contribution is 2.30. The number of hydrogen-bond acceptors (Lipinski definition) is 5.